The van der Waals surface area contributed by atoms with E-state index in [0.29, 0.717) is 5.69 Å². The molecule has 7 heteroatoms. The number of nitrogens with zero attached hydrogens (tertiary/aromatic N) is 2. The number of hydrogen-bond donors (Lipinski definition) is 0. The molecule has 0 aliphatic heterocycles. The number of carbonyl (C=O) groups is 1. The minimum absolute atomic E-state index is 0.0701. The zero-order valence-corrected chi connectivity index (χ0v) is 9.99. The lowest BCUT2D eigenvalue weighted by atomic mass is 10.2. The van der Waals surface area contributed by atoms with Gasteiger partial charge in [0.15, 0.2) is 5.69 Å². The van der Waals surface area contributed by atoms with E-state index in [9.17, 15) is 18.0 Å². The molecule has 2 rings (SSSR count). The van der Waals surface area contributed by atoms with Crippen molar-refractivity contribution in [1.82, 2.24) is 9.78 Å². The Hall–Kier alpha value is -1.53. The van der Waals surface area contributed by atoms with Gasteiger partial charge in [0.1, 0.15) is 6.04 Å². The summed E-state index contributed by atoms with van der Waals surface area (Å²) in [6.45, 7) is 1.48. The molecule has 0 spiro atoms. The van der Waals surface area contributed by atoms with E-state index in [2.05, 4.69) is 9.84 Å². The summed E-state index contributed by atoms with van der Waals surface area (Å²) < 4.78 is 43.5. The number of rotatable bonds is 3. The van der Waals surface area contributed by atoms with Gasteiger partial charge in [-0.2, -0.15) is 18.3 Å². The van der Waals surface area contributed by atoms with Gasteiger partial charge in [-0.1, -0.05) is 0 Å². The van der Waals surface area contributed by atoms with E-state index in [1.807, 2.05) is 0 Å². The second-order valence-corrected chi connectivity index (χ2v) is 4.37. The minimum atomic E-state index is -4.50. The van der Waals surface area contributed by atoms with Crippen LogP contribution in [0, 0.1) is 0 Å². The first-order chi connectivity index (χ1) is 8.34. The molecule has 1 unspecified atom stereocenters. The predicted molar refractivity (Wildman–Crippen MR) is 55.9 cm³/mol. The van der Waals surface area contributed by atoms with Gasteiger partial charge >= 0.3 is 12.1 Å². The van der Waals surface area contributed by atoms with E-state index in [0.717, 1.165) is 23.6 Å². The topological polar surface area (TPSA) is 44.1 Å². The van der Waals surface area contributed by atoms with E-state index in [1.165, 1.54) is 14.0 Å². The monoisotopic (exact) mass is 262 g/mol. The predicted octanol–water partition coefficient (Wildman–Crippen LogP) is 2.51. The highest BCUT2D eigenvalue weighted by Gasteiger charge is 2.39. The first kappa shape index (κ1) is 12.9. The normalized spacial score (nSPS) is 17.6. The van der Waals surface area contributed by atoms with Crippen LogP contribution in [-0.2, 0) is 15.7 Å². The summed E-state index contributed by atoms with van der Waals surface area (Å²) in [5.74, 6) is -0.533. The van der Waals surface area contributed by atoms with Crippen molar-refractivity contribution in [1.29, 1.82) is 0 Å². The Morgan fingerprint density at radius 1 is 1.56 bits per heavy atom. The average Bonchev–Trinajstić information content (AvgIpc) is 3.04. The largest absolute Gasteiger partial charge is 0.467 e. The van der Waals surface area contributed by atoms with Gasteiger partial charge in [0.05, 0.1) is 7.11 Å². The van der Waals surface area contributed by atoms with E-state index in [-0.39, 0.29) is 5.92 Å². The average molecular weight is 262 g/mol. The van der Waals surface area contributed by atoms with Crippen molar-refractivity contribution in [3.63, 3.8) is 0 Å². The molecule has 0 saturated heterocycles. The number of ether oxygens (including phenoxy) is 1. The van der Waals surface area contributed by atoms with Crippen molar-refractivity contribution in [2.45, 2.75) is 37.9 Å². The van der Waals surface area contributed by atoms with Gasteiger partial charge in [-0.15, -0.1) is 0 Å². The first-order valence-electron chi connectivity index (χ1n) is 5.59. The molecular weight excluding hydrogens is 249 g/mol. The zero-order chi connectivity index (χ0) is 13.5. The van der Waals surface area contributed by atoms with E-state index < -0.39 is 23.9 Å². The molecule has 0 amide bonds. The maximum absolute atomic E-state index is 12.6. The first-order valence-corrected chi connectivity index (χ1v) is 5.59. The molecule has 1 aliphatic carbocycles. The third-order valence-corrected chi connectivity index (χ3v) is 2.96. The molecule has 1 heterocycles. The molecule has 18 heavy (non-hydrogen) atoms. The summed E-state index contributed by atoms with van der Waals surface area (Å²) in [5, 5.41) is 3.50. The fraction of sp³-hybridized carbons (Fsp3) is 0.636. The van der Waals surface area contributed by atoms with Crippen LogP contribution in [0.25, 0.3) is 0 Å². The molecule has 1 aliphatic rings. The van der Waals surface area contributed by atoms with Crippen LogP contribution in [0.3, 0.4) is 0 Å². The fourth-order valence-electron chi connectivity index (χ4n) is 1.81. The molecule has 0 aromatic carbocycles. The van der Waals surface area contributed by atoms with Crippen LogP contribution in [0.5, 0.6) is 0 Å². The van der Waals surface area contributed by atoms with Crippen molar-refractivity contribution < 1.29 is 22.7 Å². The number of carbonyl (C=O) groups excluding carboxylic acids is 1. The van der Waals surface area contributed by atoms with Crippen LogP contribution in [0.2, 0.25) is 0 Å². The van der Waals surface area contributed by atoms with Crippen molar-refractivity contribution in [3.05, 3.63) is 17.5 Å². The van der Waals surface area contributed by atoms with Crippen LogP contribution in [0.15, 0.2) is 6.07 Å². The molecule has 0 N–H and O–H groups in total. The van der Waals surface area contributed by atoms with Crippen molar-refractivity contribution >= 4 is 5.97 Å². The Labute approximate surface area is 102 Å². The highest BCUT2D eigenvalue weighted by molar-refractivity contribution is 5.73. The van der Waals surface area contributed by atoms with Gasteiger partial charge in [-0.05, 0) is 25.8 Å². The number of alkyl halides is 3. The van der Waals surface area contributed by atoms with Gasteiger partial charge < -0.3 is 4.74 Å². The third kappa shape index (κ3) is 2.34. The second kappa shape index (κ2) is 4.29. The van der Waals surface area contributed by atoms with Gasteiger partial charge in [0.2, 0.25) is 0 Å². The van der Waals surface area contributed by atoms with Crippen molar-refractivity contribution in [2.24, 2.45) is 0 Å². The van der Waals surface area contributed by atoms with E-state index in [1.54, 1.807) is 0 Å². The Morgan fingerprint density at radius 3 is 2.61 bits per heavy atom. The van der Waals surface area contributed by atoms with Crippen LogP contribution in [-0.4, -0.2) is 22.9 Å². The summed E-state index contributed by atoms with van der Waals surface area (Å²) in [6.07, 6.45) is -2.83. The minimum Gasteiger partial charge on any atom is -0.467 e. The molecule has 0 bridgehead atoms. The van der Waals surface area contributed by atoms with Crippen LogP contribution in [0.4, 0.5) is 13.2 Å². The van der Waals surface area contributed by atoms with Crippen LogP contribution < -0.4 is 0 Å². The summed E-state index contributed by atoms with van der Waals surface area (Å²) >= 11 is 0. The number of aromatic nitrogens is 2. The van der Waals surface area contributed by atoms with Gasteiger partial charge in [-0.25, -0.2) is 4.79 Å². The summed E-state index contributed by atoms with van der Waals surface area (Å²) in [5.41, 5.74) is -0.500. The number of hydrogen-bond acceptors (Lipinski definition) is 3. The zero-order valence-electron chi connectivity index (χ0n) is 9.99. The smallest absolute Gasteiger partial charge is 0.435 e. The van der Waals surface area contributed by atoms with Crippen LogP contribution >= 0.6 is 0 Å². The highest BCUT2D eigenvalue weighted by Crippen LogP contribution is 2.42. The molecular formula is C11H13F3N2O2. The highest BCUT2D eigenvalue weighted by atomic mass is 19.4. The lowest BCUT2D eigenvalue weighted by Crippen LogP contribution is -2.21. The van der Waals surface area contributed by atoms with Crippen molar-refractivity contribution in [3.8, 4) is 0 Å². The fourth-order valence-corrected chi connectivity index (χ4v) is 1.81. The SMILES string of the molecule is COC(=O)C(C)n1nc(C(F)(F)F)cc1C1CC1. The Kier molecular flexibility index (Phi) is 3.08. The molecule has 1 fully saturated rings. The third-order valence-electron chi connectivity index (χ3n) is 2.96. The van der Waals surface area contributed by atoms with E-state index >= 15 is 0 Å². The van der Waals surface area contributed by atoms with Gasteiger partial charge in [-0.3, -0.25) is 4.68 Å². The summed E-state index contributed by atoms with van der Waals surface area (Å²) in [7, 11) is 1.20. The lowest BCUT2D eigenvalue weighted by molar-refractivity contribution is -0.146. The molecule has 0 radical (unpaired) electrons. The Morgan fingerprint density at radius 2 is 2.17 bits per heavy atom. The Bertz CT molecular complexity index is 463. The summed E-state index contributed by atoms with van der Waals surface area (Å²) in [4.78, 5) is 11.4. The molecule has 1 aromatic rings. The maximum Gasteiger partial charge on any atom is 0.435 e. The number of methoxy groups -OCH3 is 1. The molecule has 100 valence electrons. The lowest BCUT2D eigenvalue weighted by Gasteiger charge is -2.13. The van der Waals surface area contributed by atoms with Crippen LogP contribution in [0.1, 0.15) is 43.1 Å². The number of halogens is 3. The summed E-state index contributed by atoms with van der Waals surface area (Å²) in [6, 6.07) is 0.179. The number of esters is 1. The van der Waals surface area contributed by atoms with E-state index in [4.69, 9.17) is 0 Å². The molecule has 1 aromatic heterocycles. The maximum atomic E-state index is 12.6. The Balaban J connectivity index is 2.38. The molecule has 1 atom stereocenters. The standard InChI is InChI=1S/C11H13F3N2O2/c1-6(10(17)18-2)16-8(7-3-4-7)5-9(15-16)11(12,13)14/h5-7H,3-4H2,1-2H3. The quantitative estimate of drug-likeness (QED) is 0.786. The molecule has 4 nitrogen and oxygen atoms in total. The second-order valence-electron chi connectivity index (χ2n) is 4.37. The van der Waals surface area contributed by atoms with Crippen molar-refractivity contribution in [2.75, 3.05) is 7.11 Å². The molecule has 1 saturated carbocycles. The van der Waals surface area contributed by atoms with Gasteiger partial charge in [0, 0.05) is 11.6 Å². The van der Waals surface area contributed by atoms with Gasteiger partial charge in [0.25, 0.3) is 0 Å².